The van der Waals surface area contributed by atoms with Crippen LogP contribution < -0.4 is 4.74 Å². The van der Waals surface area contributed by atoms with Gasteiger partial charge < -0.3 is 9.47 Å². The van der Waals surface area contributed by atoms with Crippen LogP contribution in [0.2, 0.25) is 0 Å². The van der Waals surface area contributed by atoms with Crippen molar-refractivity contribution < 1.29 is 23.9 Å². The van der Waals surface area contributed by atoms with Crippen molar-refractivity contribution in [2.45, 2.75) is 57.0 Å². The molecule has 6 nitrogen and oxygen atoms in total. The molecule has 32 heavy (non-hydrogen) atoms. The summed E-state index contributed by atoms with van der Waals surface area (Å²) in [5, 5.41) is 0. The first-order chi connectivity index (χ1) is 15.5. The molecule has 2 aromatic rings. The number of carbonyl (C=O) groups is 3. The molecule has 2 atom stereocenters. The predicted octanol–water partition coefficient (Wildman–Crippen LogP) is 3.90. The number of aromatic nitrogens is 1. The van der Waals surface area contributed by atoms with Gasteiger partial charge in [-0.15, -0.1) is 0 Å². The lowest BCUT2D eigenvalue weighted by Crippen LogP contribution is -2.53. The molecule has 0 bridgehead atoms. The number of esters is 1. The van der Waals surface area contributed by atoms with Gasteiger partial charge in [-0.1, -0.05) is 31.0 Å². The fraction of sp³-hybridized carbons (Fsp3) is 0.462. The van der Waals surface area contributed by atoms with Gasteiger partial charge >= 0.3 is 5.97 Å². The Balaban J connectivity index is 1.50. The number of carbonyl (C=O) groups excluding carboxylic acids is 3. The number of hydrogen-bond donors (Lipinski definition) is 0. The zero-order chi connectivity index (χ0) is 22.6. The van der Waals surface area contributed by atoms with Gasteiger partial charge in [0.15, 0.2) is 17.5 Å². The number of ketones is 2. The second kappa shape index (κ2) is 9.63. The van der Waals surface area contributed by atoms with E-state index in [-0.39, 0.29) is 24.5 Å². The molecule has 1 aliphatic carbocycles. The van der Waals surface area contributed by atoms with E-state index in [1.54, 1.807) is 31.6 Å². The minimum atomic E-state index is -1.33. The highest BCUT2D eigenvalue weighted by Gasteiger charge is 2.53. The highest BCUT2D eigenvalue weighted by Crippen LogP contribution is 2.45. The number of cyclic esters (lactones) is 1. The topological polar surface area (TPSA) is 82.6 Å². The maximum atomic E-state index is 13.1. The van der Waals surface area contributed by atoms with Gasteiger partial charge in [0.2, 0.25) is 0 Å². The fourth-order valence-electron chi connectivity index (χ4n) is 5.11. The Morgan fingerprint density at radius 2 is 1.88 bits per heavy atom. The van der Waals surface area contributed by atoms with Gasteiger partial charge in [-0.05, 0) is 60.9 Å². The lowest BCUT2D eigenvalue weighted by atomic mass is 9.73. The van der Waals surface area contributed by atoms with Crippen molar-refractivity contribution in [3.63, 3.8) is 0 Å². The molecule has 1 saturated carbocycles. The summed E-state index contributed by atoms with van der Waals surface area (Å²) in [5.74, 6) is -1.79. The largest absolute Gasteiger partial charge is 0.497 e. The number of benzene rings is 1. The van der Waals surface area contributed by atoms with Crippen molar-refractivity contribution in [1.29, 1.82) is 0 Å². The molecule has 2 fully saturated rings. The standard InChI is InChI=1S/C26H29NO5/c1-31-21-10-8-18(9-11-21)12-13-26(20-6-2-3-7-20)16-23(29)24(25(30)32-26)22(28)15-19-5-4-14-27-17-19/h4-5,8-11,14,17,20,24H,2-3,6-7,12-13,15-16H2,1H3. The number of hydrogen-bond acceptors (Lipinski definition) is 6. The molecule has 6 heteroatoms. The molecule has 1 aliphatic heterocycles. The zero-order valence-electron chi connectivity index (χ0n) is 18.4. The van der Waals surface area contributed by atoms with Crippen LogP contribution in [-0.2, 0) is 32.0 Å². The van der Waals surface area contributed by atoms with E-state index < -0.39 is 23.3 Å². The molecule has 168 valence electrons. The van der Waals surface area contributed by atoms with Gasteiger partial charge in [0, 0.05) is 25.2 Å². The van der Waals surface area contributed by atoms with Gasteiger partial charge in [0.05, 0.1) is 7.11 Å². The van der Waals surface area contributed by atoms with E-state index in [0.717, 1.165) is 37.0 Å². The Labute approximate surface area is 188 Å². The quantitative estimate of drug-likeness (QED) is 0.462. The lowest BCUT2D eigenvalue weighted by molar-refractivity contribution is -0.186. The smallest absolute Gasteiger partial charge is 0.324 e. The molecule has 2 heterocycles. The average molecular weight is 436 g/mol. The Hall–Kier alpha value is -3.02. The van der Waals surface area contributed by atoms with Gasteiger partial charge in [-0.2, -0.15) is 0 Å². The average Bonchev–Trinajstić information content (AvgIpc) is 3.34. The predicted molar refractivity (Wildman–Crippen MR) is 118 cm³/mol. The zero-order valence-corrected chi connectivity index (χ0v) is 18.4. The van der Waals surface area contributed by atoms with Crippen LogP contribution in [0.5, 0.6) is 5.75 Å². The number of nitrogens with zero attached hydrogens (tertiary/aromatic N) is 1. The third kappa shape index (κ3) is 4.74. The number of rotatable bonds is 8. The summed E-state index contributed by atoms with van der Waals surface area (Å²) in [6.07, 6.45) is 8.61. The highest BCUT2D eigenvalue weighted by molar-refractivity contribution is 6.19. The molecule has 4 rings (SSSR count). The first-order valence-corrected chi connectivity index (χ1v) is 11.3. The molecule has 1 saturated heterocycles. The SMILES string of the molecule is COc1ccc(CCC2(C3CCCC3)CC(=O)C(C(=O)Cc3cccnc3)C(=O)O2)cc1. The van der Waals surface area contributed by atoms with Crippen LogP contribution in [0.3, 0.4) is 0 Å². The van der Waals surface area contributed by atoms with Crippen LogP contribution in [-0.4, -0.2) is 35.2 Å². The van der Waals surface area contributed by atoms with E-state index in [2.05, 4.69) is 4.98 Å². The van der Waals surface area contributed by atoms with Gasteiger partial charge in [0.1, 0.15) is 11.4 Å². The van der Waals surface area contributed by atoms with Crippen molar-refractivity contribution in [1.82, 2.24) is 4.98 Å². The van der Waals surface area contributed by atoms with E-state index in [4.69, 9.17) is 9.47 Å². The summed E-state index contributed by atoms with van der Waals surface area (Å²) >= 11 is 0. The molecule has 2 aliphatic rings. The van der Waals surface area contributed by atoms with Crippen LogP contribution in [0, 0.1) is 11.8 Å². The van der Waals surface area contributed by atoms with Crippen molar-refractivity contribution in [2.75, 3.05) is 7.11 Å². The molecule has 1 aromatic carbocycles. The van der Waals surface area contributed by atoms with Crippen LogP contribution in [0.1, 0.15) is 49.7 Å². The number of ether oxygens (including phenoxy) is 2. The van der Waals surface area contributed by atoms with E-state index in [1.807, 2.05) is 24.3 Å². The Morgan fingerprint density at radius 3 is 2.50 bits per heavy atom. The second-order valence-corrected chi connectivity index (χ2v) is 8.90. The maximum absolute atomic E-state index is 13.1. The first-order valence-electron chi connectivity index (χ1n) is 11.3. The second-order valence-electron chi connectivity index (χ2n) is 8.90. The van der Waals surface area contributed by atoms with E-state index in [1.165, 1.54) is 0 Å². The van der Waals surface area contributed by atoms with E-state index >= 15 is 0 Å². The number of Topliss-reactive ketones (excluding diaryl/α,β-unsaturated/α-hetero) is 2. The van der Waals surface area contributed by atoms with E-state index in [0.29, 0.717) is 18.4 Å². The summed E-state index contributed by atoms with van der Waals surface area (Å²) in [6.45, 7) is 0. The molecule has 2 unspecified atom stereocenters. The maximum Gasteiger partial charge on any atom is 0.324 e. The van der Waals surface area contributed by atoms with Crippen molar-refractivity contribution >= 4 is 17.5 Å². The van der Waals surface area contributed by atoms with E-state index in [9.17, 15) is 14.4 Å². The Morgan fingerprint density at radius 1 is 1.12 bits per heavy atom. The van der Waals surface area contributed by atoms with Gasteiger partial charge in [0.25, 0.3) is 0 Å². The Bertz CT molecular complexity index is 945. The van der Waals surface area contributed by atoms with Crippen LogP contribution >= 0.6 is 0 Å². The summed E-state index contributed by atoms with van der Waals surface area (Å²) < 4.78 is 11.3. The van der Waals surface area contributed by atoms with Gasteiger partial charge in [-0.3, -0.25) is 19.4 Å². The van der Waals surface area contributed by atoms with Crippen LogP contribution in [0.25, 0.3) is 0 Å². The molecule has 0 spiro atoms. The van der Waals surface area contributed by atoms with Crippen LogP contribution in [0.15, 0.2) is 48.8 Å². The normalized spacial score (nSPS) is 23.7. The monoisotopic (exact) mass is 435 g/mol. The third-order valence-electron chi connectivity index (χ3n) is 6.85. The molecule has 0 N–H and O–H groups in total. The number of aryl methyl sites for hydroxylation is 1. The lowest BCUT2D eigenvalue weighted by Gasteiger charge is -2.42. The van der Waals surface area contributed by atoms with Crippen molar-refractivity contribution in [3.8, 4) is 5.75 Å². The minimum absolute atomic E-state index is 0.00161. The molecule has 0 radical (unpaired) electrons. The van der Waals surface area contributed by atoms with Crippen LogP contribution in [0.4, 0.5) is 0 Å². The number of methoxy groups -OCH3 is 1. The summed E-state index contributed by atoms with van der Waals surface area (Å²) in [5.41, 5.74) is 0.960. The minimum Gasteiger partial charge on any atom is -0.497 e. The molecule has 0 amide bonds. The summed E-state index contributed by atoms with van der Waals surface area (Å²) in [6, 6.07) is 11.3. The molecular formula is C26H29NO5. The summed E-state index contributed by atoms with van der Waals surface area (Å²) in [7, 11) is 1.63. The third-order valence-corrected chi connectivity index (χ3v) is 6.85. The van der Waals surface area contributed by atoms with Gasteiger partial charge in [-0.25, -0.2) is 0 Å². The Kier molecular flexibility index (Phi) is 6.68. The fourth-order valence-corrected chi connectivity index (χ4v) is 5.11. The van der Waals surface area contributed by atoms with Crippen molar-refractivity contribution in [2.24, 2.45) is 11.8 Å². The molecule has 1 aromatic heterocycles. The molecular weight excluding hydrogens is 406 g/mol. The van der Waals surface area contributed by atoms with Crippen molar-refractivity contribution in [3.05, 3.63) is 59.9 Å². The number of pyridine rings is 1. The first kappa shape index (κ1) is 22.2. The highest BCUT2D eigenvalue weighted by atomic mass is 16.6. The summed E-state index contributed by atoms with van der Waals surface area (Å²) in [4.78, 5) is 43.0.